The summed E-state index contributed by atoms with van der Waals surface area (Å²) >= 11 is 0. The second kappa shape index (κ2) is 6.32. The Bertz CT molecular complexity index is 622. The Morgan fingerprint density at radius 2 is 2.09 bits per heavy atom. The third-order valence-electron chi connectivity index (χ3n) is 4.20. The van der Waals surface area contributed by atoms with E-state index in [0.29, 0.717) is 12.5 Å². The highest BCUT2D eigenvalue weighted by atomic mass is 16.4. The fraction of sp³-hybridized carbons (Fsp3) is 0.412. The molecule has 3 rings (SSSR count). The Kier molecular flexibility index (Phi) is 4.24. The Hall–Kier alpha value is -2.14. The highest BCUT2D eigenvalue weighted by Gasteiger charge is 2.29. The predicted molar refractivity (Wildman–Crippen MR) is 83.7 cm³/mol. The number of carboxylic acids is 1. The van der Waals surface area contributed by atoms with Crippen molar-refractivity contribution < 1.29 is 9.90 Å². The van der Waals surface area contributed by atoms with E-state index in [2.05, 4.69) is 29.1 Å². The van der Waals surface area contributed by atoms with Gasteiger partial charge in [0.05, 0.1) is 11.6 Å². The molecule has 0 saturated carbocycles. The van der Waals surface area contributed by atoms with Crippen LogP contribution in [0.5, 0.6) is 0 Å². The number of aliphatic carboxylic acids is 1. The third kappa shape index (κ3) is 3.36. The van der Waals surface area contributed by atoms with Crippen LogP contribution in [0.4, 0.5) is 0 Å². The van der Waals surface area contributed by atoms with Gasteiger partial charge in [0.1, 0.15) is 0 Å². The lowest BCUT2D eigenvalue weighted by Crippen LogP contribution is -2.41. The van der Waals surface area contributed by atoms with Crippen LogP contribution in [0, 0.1) is 11.8 Å². The van der Waals surface area contributed by atoms with Gasteiger partial charge in [0.15, 0.2) is 0 Å². The molecule has 0 aliphatic carbocycles. The maximum atomic E-state index is 11.2. The van der Waals surface area contributed by atoms with Crippen molar-refractivity contribution in [1.29, 1.82) is 0 Å². The summed E-state index contributed by atoms with van der Waals surface area (Å²) in [5, 5.41) is 13.5. The lowest BCUT2D eigenvalue weighted by Gasteiger charge is -2.34. The number of carboxylic acid groups (broad SMARTS) is 1. The van der Waals surface area contributed by atoms with Crippen molar-refractivity contribution in [2.24, 2.45) is 11.8 Å². The first kappa shape index (κ1) is 14.8. The number of piperidine rings is 1. The molecule has 1 aliphatic rings. The van der Waals surface area contributed by atoms with Gasteiger partial charge in [0.2, 0.25) is 0 Å². The van der Waals surface area contributed by atoms with E-state index in [1.807, 2.05) is 29.1 Å². The van der Waals surface area contributed by atoms with E-state index < -0.39 is 5.97 Å². The predicted octanol–water partition coefficient (Wildman–Crippen LogP) is 2.41. The molecule has 5 heteroatoms. The minimum atomic E-state index is -0.675. The van der Waals surface area contributed by atoms with E-state index in [1.54, 1.807) is 6.20 Å². The summed E-state index contributed by atoms with van der Waals surface area (Å²) in [5.41, 5.74) is 2.23. The van der Waals surface area contributed by atoms with Gasteiger partial charge in [0.25, 0.3) is 0 Å². The van der Waals surface area contributed by atoms with Gasteiger partial charge in [-0.3, -0.25) is 9.69 Å². The molecule has 0 amide bonds. The van der Waals surface area contributed by atoms with Crippen LogP contribution >= 0.6 is 0 Å². The molecule has 2 heterocycles. The summed E-state index contributed by atoms with van der Waals surface area (Å²) in [6.07, 6.45) is 4.46. The first-order valence-corrected chi connectivity index (χ1v) is 7.66. The number of hydrogen-bond donors (Lipinski definition) is 1. The number of carbonyl (C=O) groups is 1. The zero-order valence-electron chi connectivity index (χ0n) is 12.7. The van der Waals surface area contributed by atoms with Crippen LogP contribution in [0.2, 0.25) is 0 Å². The molecule has 1 N–H and O–H groups in total. The number of likely N-dealkylation sites (tertiary alicyclic amines) is 1. The van der Waals surface area contributed by atoms with Crippen molar-refractivity contribution in [3.8, 4) is 5.69 Å². The maximum absolute atomic E-state index is 11.2. The SMILES string of the molecule is CC1CC(C(=O)O)CN(Cc2ccc(-n3cccn3)cc2)C1. The van der Waals surface area contributed by atoms with Crippen molar-refractivity contribution in [1.82, 2.24) is 14.7 Å². The summed E-state index contributed by atoms with van der Waals surface area (Å²) in [6, 6.07) is 10.2. The molecule has 1 aromatic carbocycles. The number of hydrogen-bond acceptors (Lipinski definition) is 3. The normalized spacial score (nSPS) is 22.6. The van der Waals surface area contributed by atoms with E-state index in [-0.39, 0.29) is 5.92 Å². The molecule has 1 aliphatic heterocycles. The summed E-state index contributed by atoms with van der Waals surface area (Å²) in [5.74, 6) is -0.490. The Labute approximate surface area is 130 Å². The van der Waals surface area contributed by atoms with Gasteiger partial charge >= 0.3 is 5.97 Å². The molecule has 0 bridgehead atoms. The van der Waals surface area contributed by atoms with Gasteiger partial charge in [-0.2, -0.15) is 5.10 Å². The second-order valence-corrected chi connectivity index (χ2v) is 6.19. The molecule has 0 spiro atoms. The molecule has 1 saturated heterocycles. The van der Waals surface area contributed by atoms with E-state index in [9.17, 15) is 9.90 Å². The van der Waals surface area contributed by atoms with Crippen LogP contribution < -0.4 is 0 Å². The highest BCUT2D eigenvalue weighted by Crippen LogP contribution is 2.23. The fourth-order valence-corrected chi connectivity index (χ4v) is 3.20. The molecule has 2 atom stereocenters. The smallest absolute Gasteiger partial charge is 0.307 e. The van der Waals surface area contributed by atoms with E-state index in [0.717, 1.165) is 25.2 Å². The largest absolute Gasteiger partial charge is 0.481 e. The Morgan fingerprint density at radius 1 is 1.32 bits per heavy atom. The average Bonchev–Trinajstić information content (AvgIpc) is 3.01. The first-order valence-electron chi connectivity index (χ1n) is 7.66. The average molecular weight is 299 g/mol. The van der Waals surface area contributed by atoms with Crippen molar-refractivity contribution in [2.45, 2.75) is 19.9 Å². The highest BCUT2D eigenvalue weighted by molar-refractivity contribution is 5.70. The zero-order chi connectivity index (χ0) is 15.5. The van der Waals surface area contributed by atoms with E-state index in [1.165, 1.54) is 5.56 Å². The molecule has 5 nitrogen and oxygen atoms in total. The van der Waals surface area contributed by atoms with Crippen LogP contribution in [0.1, 0.15) is 18.9 Å². The lowest BCUT2D eigenvalue weighted by atomic mass is 9.90. The molecule has 1 aromatic heterocycles. The molecule has 2 aromatic rings. The number of aromatic nitrogens is 2. The van der Waals surface area contributed by atoms with Gasteiger partial charge in [-0.1, -0.05) is 19.1 Å². The summed E-state index contributed by atoms with van der Waals surface area (Å²) in [4.78, 5) is 13.5. The van der Waals surface area contributed by atoms with Gasteiger partial charge in [-0.25, -0.2) is 4.68 Å². The van der Waals surface area contributed by atoms with Crippen molar-refractivity contribution in [3.63, 3.8) is 0 Å². The molecule has 116 valence electrons. The molecule has 22 heavy (non-hydrogen) atoms. The Morgan fingerprint density at radius 3 is 2.73 bits per heavy atom. The second-order valence-electron chi connectivity index (χ2n) is 6.19. The summed E-state index contributed by atoms with van der Waals surface area (Å²) in [7, 11) is 0. The molecular weight excluding hydrogens is 278 g/mol. The van der Waals surface area contributed by atoms with Crippen molar-refractivity contribution >= 4 is 5.97 Å². The number of benzene rings is 1. The standard InChI is InChI=1S/C17H21N3O2/c1-13-9-15(17(21)22)12-19(10-13)11-14-3-5-16(6-4-14)20-8-2-7-18-20/h2-8,13,15H,9-12H2,1H3,(H,21,22). The van der Waals surface area contributed by atoms with Gasteiger partial charge in [-0.15, -0.1) is 0 Å². The maximum Gasteiger partial charge on any atom is 0.307 e. The lowest BCUT2D eigenvalue weighted by molar-refractivity contribution is -0.144. The van der Waals surface area contributed by atoms with Crippen molar-refractivity contribution in [3.05, 3.63) is 48.3 Å². The minimum Gasteiger partial charge on any atom is -0.481 e. The van der Waals surface area contributed by atoms with Crippen LogP contribution in [0.25, 0.3) is 5.69 Å². The van der Waals surface area contributed by atoms with E-state index >= 15 is 0 Å². The molecular formula is C17H21N3O2. The first-order chi connectivity index (χ1) is 10.6. The third-order valence-corrected chi connectivity index (χ3v) is 4.20. The van der Waals surface area contributed by atoms with Gasteiger partial charge in [0, 0.05) is 32.0 Å². The molecule has 0 radical (unpaired) electrons. The van der Waals surface area contributed by atoms with Crippen LogP contribution in [0.3, 0.4) is 0 Å². The van der Waals surface area contributed by atoms with Crippen LogP contribution in [-0.2, 0) is 11.3 Å². The van der Waals surface area contributed by atoms with Crippen LogP contribution in [-0.4, -0.2) is 38.8 Å². The zero-order valence-corrected chi connectivity index (χ0v) is 12.7. The molecule has 2 unspecified atom stereocenters. The van der Waals surface area contributed by atoms with Crippen molar-refractivity contribution in [2.75, 3.05) is 13.1 Å². The number of nitrogens with zero attached hydrogens (tertiary/aromatic N) is 3. The quantitative estimate of drug-likeness (QED) is 0.942. The van der Waals surface area contributed by atoms with Crippen LogP contribution in [0.15, 0.2) is 42.7 Å². The van der Waals surface area contributed by atoms with Gasteiger partial charge in [-0.05, 0) is 36.1 Å². The number of rotatable bonds is 4. The molecule has 1 fully saturated rings. The summed E-state index contributed by atoms with van der Waals surface area (Å²) < 4.78 is 1.83. The summed E-state index contributed by atoms with van der Waals surface area (Å²) in [6.45, 7) is 4.53. The minimum absolute atomic E-state index is 0.243. The Balaban J connectivity index is 1.66. The van der Waals surface area contributed by atoms with E-state index in [4.69, 9.17) is 0 Å². The monoisotopic (exact) mass is 299 g/mol. The van der Waals surface area contributed by atoms with Gasteiger partial charge < -0.3 is 5.11 Å². The topological polar surface area (TPSA) is 58.4 Å². The fourth-order valence-electron chi connectivity index (χ4n) is 3.20.